The Bertz CT molecular complexity index is 292. The van der Waals surface area contributed by atoms with Crippen molar-refractivity contribution in [2.24, 2.45) is 5.92 Å². The minimum absolute atomic E-state index is 0.0430. The van der Waals surface area contributed by atoms with Gasteiger partial charge in [-0.05, 0) is 26.7 Å². The van der Waals surface area contributed by atoms with Crippen molar-refractivity contribution in [3.05, 3.63) is 0 Å². The van der Waals surface area contributed by atoms with Crippen LogP contribution >= 0.6 is 0 Å². The van der Waals surface area contributed by atoms with Crippen LogP contribution in [-0.4, -0.2) is 50.7 Å². The number of ketones is 1. The van der Waals surface area contributed by atoms with Gasteiger partial charge in [-0.15, -0.1) is 0 Å². The first-order chi connectivity index (χ1) is 9.21. The molecule has 2 atom stereocenters. The van der Waals surface area contributed by atoms with E-state index in [1.165, 1.54) is 0 Å². The van der Waals surface area contributed by atoms with Gasteiger partial charge >= 0.3 is 0 Å². The Morgan fingerprint density at radius 1 is 1.32 bits per heavy atom. The van der Waals surface area contributed by atoms with E-state index in [4.69, 9.17) is 18.9 Å². The highest BCUT2D eigenvalue weighted by Crippen LogP contribution is 2.36. The Hall–Kier alpha value is -0.490. The number of hydrogen-bond donors (Lipinski definition) is 0. The largest absolute Gasteiger partial charge is 0.378 e. The predicted octanol–water partition coefficient (Wildman–Crippen LogP) is 1.54. The summed E-state index contributed by atoms with van der Waals surface area (Å²) in [6.07, 6.45) is 1.63. The topological polar surface area (TPSA) is 54.0 Å². The van der Waals surface area contributed by atoms with Crippen LogP contribution in [-0.2, 0) is 23.7 Å². The summed E-state index contributed by atoms with van der Waals surface area (Å²) in [4.78, 5) is 12.5. The number of hydrogen-bond acceptors (Lipinski definition) is 5. The van der Waals surface area contributed by atoms with Crippen LogP contribution in [0, 0.1) is 5.92 Å². The molecule has 2 aliphatic rings. The van der Waals surface area contributed by atoms with E-state index >= 15 is 0 Å². The summed E-state index contributed by atoms with van der Waals surface area (Å²) in [5, 5.41) is 0. The fourth-order valence-corrected chi connectivity index (χ4v) is 2.84. The smallest absolute Gasteiger partial charge is 0.218 e. The molecule has 0 N–H and O–H groups in total. The maximum atomic E-state index is 12.5. The average Bonchev–Trinajstić information content (AvgIpc) is 2.86. The van der Waals surface area contributed by atoms with E-state index in [2.05, 4.69) is 0 Å². The molecule has 0 radical (unpaired) electrons. The van der Waals surface area contributed by atoms with Crippen LogP contribution in [0.2, 0.25) is 0 Å². The number of ether oxygens (including phenoxy) is 4. The first-order valence-corrected chi connectivity index (χ1v) is 7.19. The molecule has 5 nitrogen and oxygen atoms in total. The molecule has 0 aromatic carbocycles. The molecule has 0 bridgehead atoms. The van der Waals surface area contributed by atoms with Crippen molar-refractivity contribution < 1.29 is 23.7 Å². The minimum atomic E-state index is -0.725. The molecule has 1 spiro atoms. The lowest BCUT2D eigenvalue weighted by molar-refractivity contribution is -0.179. The quantitative estimate of drug-likeness (QED) is 0.687. The van der Waals surface area contributed by atoms with E-state index in [1.807, 2.05) is 13.8 Å². The van der Waals surface area contributed by atoms with Gasteiger partial charge in [0.2, 0.25) is 6.29 Å². The summed E-state index contributed by atoms with van der Waals surface area (Å²) in [5.74, 6) is 0.0109. The highest BCUT2D eigenvalue weighted by atomic mass is 16.7. The molecule has 19 heavy (non-hydrogen) atoms. The van der Waals surface area contributed by atoms with Crippen LogP contribution in [0.1, 0.15) is 33.1 Å². The van der Waals surface area contributed by atoms with Crippen LogP contribution in [0.3, 0.4) is 0 Å². The zero-order valence-electron chi connectivity index (χ0n) is 11.9. The van der Waals surface area contributed by atoms with Crippen LogP contribution in [0.4, 0.5) is 0 Å². The Kier molecular flexibility index (Phi) is 5.33. The zero-order valence-corrected chi connectivity index (χ0v) is 11.9. The van der Waals surface area contributed by atoms with Crippen LogP contribution in [0.5, 0.6) is 0 Å². The first kappa shape index (κ1) is 14.9. The maximum absolute atomic E-state index is 12.5. The monoisotopic (exact) mass is 272 g/mol. The number of rotatable bonds is 6. The third-order valence-corrected chi connectivity index (χ3v) is 3.83. The van der Waals surface area contributed by atoms with E-state index in [1.54, 1.807) is 0 Å². The average molecular weight is 272 g/mol. The van der Waals surface area contributed by atoms with Crippen molar-refractivity contribution in [1.29, 1.82) is 0 Å². The molecule has 0 saturated carbocycles. The molecule has 0 amide bonds. The molecule has 0 aromatic rings. The second-order valence-electron chi connectivity index (χ2n) is 5.17. The van der Waals surface area contributed by atoms with Crippen molar-refractivity contribution in [2.75, 3.05) is 33.0 Å². The first-order valence-electron chi connectivity index (χ1n) is 7.19. The Balaban J connectivity index is 1.97. The summed E-state index contributed by atoms with van der Waals surface area (Å²) >= 11 is 0. The SMILES string of the molecule is CCOC(OCC)C(=O)C1CCOC2(CCOC2)C1. The van der Waals surface area contributed by atoms with Crippen LogP contribution in [0.25, 0.3) is 0 Å². The molecule has 110 valence electrons. The fraction of sp³-hybridized carbons (Fsp3) is 0.929. The zero-order chi connectivity index (χ0) is 13.7. The second-order valence-corrected chi connectivity index (χ2v) is 5.17. The molecule has 2 unspecified atom stereocenters. The van der Waals surface area contributed by atoms with Crippen LogP contribution < -0.4 is 0 Å². The van der Waals surface area contributed by atoms with Crippen molar-refractivity contribution in [3.8, 4) is 0 Å². The lowest BCUT2D eigenvalue weighted by Crippen LogP contribution is -2.45. The van der Waals surface area contributed by atoms with Gasteiger partial charge in [-0.1, -0.05) is 0 Å². The normalized spacial score (nSPS) is 31.2. The minimum Gasteiger partial charge on any atom is -0.378 e. The maximum Gasteiger partial charge on any atom is 0.218 e. The molecule has 2 heterocycles. The predicted molar refractivity (Wildman–Crippen MR) is 68.9 cm³/mol. The van der Waals surface area contributed by atoms with Gasteiger partial charge in [0.05, 0.1) is 12.2 Å². The molecule has 2 saturated heterocycles. The molecule has 0 aliphatic carbocycles. The molecular formula is C14H24O5. The second kappa shape index (κ2) is 6.79. The van der Waals surface area contributed by atoms with Crippen molar-refractivity contribution >= 4 is 5.78 Å². The van der Waals surface area contributed by atoms with Crippen molar-refractivity contribution in [3.63, 3.8) is 0 Å². The molecule has 0 aromatic heterocycles. The van der Waals surface area contributed by atoms with Gasteiger partial charge in [0, 0.05) is 38.8 Å². The third kappa shape index (κ3) is 3.54. The van der Waals surface area contributed by atoms with E-state index in [9.17, 15) is 4.79 Å². The van der Waals surface area contributed by atoms with Gasteiger partial charge in [0.15, 0.2) is 5.78 Å². The fourth-order valence-electron chi connectivity index (χ4n) is 2.84. The van der Waals surface area contributed by atoms with Crippen molar-refractivity contribution in [2.45, 2.75) is 45.0 Å². The van der Waals surface area contributed by atoms with E-state index in [-0.39, 0.29) is 17.3 Å². The molecule has 2 rings (SSSR count). The molecule has 2 aliphatic heterocycles. The van der Waals surface area contributed by atoms with Crippen LogP contribution in [0.15, 0.2) is 0 Å². The van der Waals surface area contributed by atoms with Crippen molar-refractivity contribution in [1.82, 2.24) is 0 Å². The summed E-state index contributed by atoms with van der Waals surface area (Å²) in [6, 6.07) is 0. The molecular weight excluding hydrogens is 248 g/mol. The van der Waals surface area contributed by atoms with E-state index in [0.29, 0.717) is 26.4 Å². The Morgan fingerprint density at radius 3 is 2.63 bits per heavy atom. The Labute approximate surface area is 114 Å². The van der Waals surface area contributed by atoms with E-state index in [0.717, 1.165) is 25.9 Å². The summed E-state index contributed by atoms with van der Waals surface area (Å²) in [6.45, 7) is 6.64. The van der Waals surface area contributed by atoms with Gasteiger partial charge in [-0.25, -0.2) is 0 Å². The summed E-state index contributed by atoms with van der Waals surface area (Å²) in [5.41, 5.74) is -0.248. The third-order valence-electron chi connectivity index (χ3n) is 3.83. The lowest BCUT2D eigenvalue weighted by atomic mass is 9.82. The highest BCUT2D eigenvalue weighted by Gasteiger charge is 2.44. The highest BCUT2D eigenvalue weighted by molar-refractivity contribution is 5.84. The van der Waals surface area contributed by atoms with Gasteiger partial charge in [-0.3, -0.25) is 4.79 Å². The summed E-state index contributed by atoms with van der Waals surface area (Å²) < 4.78 is 22.1. The van der Waals surface area contributed by atoms with Gasteiger partial charge in [0.1, 0.15) is 0 Å². The van der Waals surface area contributed by atoms with Gasteiger partial charge in [-0.2, -0.15) is 0 Å². The standard InChI is InChI=1S/C14H24O5/c1-3-17-13(18-4-2)12(15)11-5-7-19-14(9-11)6-8-16-10-14/h11,13H,3-10H2,1-2H3. The molecule has 5 heteroatoms. The number of carbonyl (C=O) groups excluding carboxylic acids is 1. The van der Waals surface area contributed by atoms with Gasteiger partial charge in [0.25, 0.3) is 0 Å². The van der Waals surface area contributed by atoms with Gasteiger partial charge < -0.3 is 18.9 Å². The summed E-state index contributed by atoms with van der Waals surface area (Å²) in [7, 11) is 0. The Morgan fingerprint density at radius 2 is 2.05 bits per heavy atom. The lowest BCUT2D eigenvalue weighted by Gasteiger charge is -2.37. The number of Topliss-reactive ketones (excluding diaryl/α,β-unsaturated/α-hetero) is 1. The van der Waals surface area contributed by atoms with E-state index < -0.39 is 6.29 Å². The number of carbonyl (C=O) groups is 1. The molecule has 2 fully saturated rings.